The molecule has 0 bridgehead atoms. The summed E-state index contributed by atoms with van der Waals surface area (Å²) in [6.07, 6.45) is -2.59. The number of furan rings is 1. The summed E-state index contributed by atoms with van der Waals surface area (Å²) < 4.78 is 45.3. The molecule has 0 atom stereocenters. The van der Waals surface area contributed by atoms with E-state index in [9.17, 15) is 27.6 Å². The SMILES string of the molecule is O=C(CCNC(=O)c1ccccc1)Nc1ccc(NC(=O)c2ccoc2)cc1C(F)(F)F. The monoisotopic (exact) mass is 445 g/mol. The van der Waals surface area contributed by atoms with Gasteiger partial charge < -0.3 is 20.4 Å². The van der Waals surface area contributed by atoms with Crippen LogP contribution >= 0.6 is 0 Å². The topological polar surface area (TPSA) is 100 Å². The van der Waals surface area contributed by atoms with Crippen LogP contribution in [-0.2, 0) is 11.0 Å². The molecular formula is C22H18F3N3O4. The van der Waals surface area contributed by atoms with Crippen LogP contribution in [0.1, 0.15) is 32.7 Å². The fourth-order valence-electron chi connectivity index (χ4n) is 2.76. The van der Waals surface area contributed by atoms with Gasteiger partial charge in [0, 0.05) is 24.2 Å². The number of amides is 3. The molecule has 0 spiro atoms. The number of anilines is 2. The number of carbonyl (C=O) groups is 3. The predicted octanol–water partition coefficient (Wildman–Crippen LogP) is 4.31. The summed E-state index contributed by atoms with van der Waals surface area (Å²) in [6.45, 7) is -0.0558. The van der Waals surface area contributed by atoms with Gasteiger partial charge in [-0.15, -0.1) is 0 Å². The van der Waals surface area contributed by atoms with E-state index in [1.807, 2.05) is 0 Å². The molecule has 0 radical (unpaired) electrons. The molecular weight excluding hydrogens is 427 g/mol. The minimum Gasteiger partial charge on any atom is -0.472 e. The highest BCUT2D eigenvalue weighted by Gasteiger charge is 2.34. The van der Waals surface area contributed by atoms with Gasteiger partial charge in [-0.1, -0.05) is 18.2 Å². The first-order valence-electron chi connectivity index (χ1n) is 9.42. The molecule has 7 nitrogen and oxygen atoms in total. The van der Waals surface area contributed by atoms with Gasteiger partial charge in [-0.2, -0.15) is 13.2 Å². The molecule has 10 heteroatoms. The molecule has 0 aliphatic heterocycles. The van der Waals surface area contributed by atoms with Crippen molar-refractivity contribution in [2.24, 2.45) is 0 Å². The van der Waals surface area contributed by atoms with E-state index in [2.05, 4.69) is 16.0 Å². The van der Waals surface area contributed by atoms with Crippen LogP contribution in [0.3, 0.4) is 0 Å². The molecule has 0 fully saturated rings. The van der Waals surface area contributed by atoms with Crippen molar-refractivity contribution in [3.05, 3.63) is 83.8 Å². The third kappa shape index (κ3) is 5.97. The van der Waals surface area contributed by atoms with Gasteiger partial charge in [-0.3, -0.25) is 14.4 Å². The lowest BCUT2D eigenvalue weighted by atomic mass is 10.1. The van der Waals surface area contributed by atoms with Crippen LogP contribution in [0.25, 0.3) is 0 Å². The van der Waals surface area contributed by atoms with Gasteiger partial charge in [-0.25, -0.2) is 0 Å². The first-order valence-corrected chi connectivity index (χ1v) is 9.42. The molecule has 3 aromatic rings. The molecule has 0 saturated heterocycles. The maximum Gasteiger partial charge on any atom is 0.418 e. The van der Waals surface area contributed by atoms with Crippen LogP contribution < -0.4 is 16.0 Å². The van der Waals surface area contributed by atoms with Crippen molar-refractivity contribution in [2.45, 2.75) is 12.6 Å². The molecule has 32 heavy (non-hydrogen) atoms. The first kappa shape index (κ1) is 22.6. The molecule has 1 aromatic heterocycles. The fourth-order valence-corrected chi connectivity index (χ4v) is 2.76. The third-order valence-corrected chi connectivity index (χ3v) is 4.31. The smallest absolute Gasteiger partial charge is 0.418 e. The predicted molar refractivity (Wildman–Crippen MR) is 110 cm³/mol. The summed E-state index contributed by atoms with van der Waals surface area (Å²) in [5.74, 6) is -1.75. The Labute approximate surface area is 180 Å². The van der Waals surface area contributed by atoms with Crippen LogP contribution in [0.5, 0.6) is 0 Å². The Morgan fingerprint density at radius 2 is 1.62 bits per heavy atom. The standard InChI is InChI=1S/C22H18F3N3O4/c23-22(24,25)17-12-16(27-21(31)15-9-11-32-13-15)6-7-18(17)28-19(29)8-10-26-20(30)14-4-2-1-3-5-14/h1-7,9,11-13H,8,10H2,(H,26,30)(H,27,31)(H,28,29). The molecule has 1 heterocycles. The highest BCUT2D eigenvalue weighted by molar-refractivity contribution is 6.04. The quantitative estimate of drug-likeness (QED) is 0.505. The highest BCUT2D eigenvalue weighted by atomic mass is 19.4. The number of rotatable bonds is 7. The molecule has 3 rings (SSSR count). The second kappa shape index (κ2) is 9.82. The molecule has 0 unspecified atom stereocenters. The Balaban J connectivity index is 1.62. The van der Waals surface area contributed by atoms with Gasteiger partial charge in [0.15, 0.2) is 0 Å². The molecule has 3 N–H and O–H groups in total. The van der Waals surface area contributed by atoms with Gasteiger partial charge in [0.2, 0.25) is 5.91 Å². The van der Waals surface area contributed by atoms with Crippen molar-refractivity contribution in [1.29, 1.82) is 0 Å². The van der Waals surface area contributed by atoms with Crippen molar-refractivity contribution >= 4 is 29.1 Å². The van der Waals surface area contributed by atoms with E-state index in [-0.39, 0.29) is 24.2 Å². The second-order valence-corrected chi connectivity index (χ2v) is 6.64. The maximum absolute atomic E-state index is 13.5. The van der Waals surface area contributed by atoms with Crippen molar-refractivity contribution in [1.82, 2.24) is 5.32 Å². The van der Waals surface area contributed by atoms with E-state index < -0.39 is 35.1 Å². The molecule has 3 amide bonds. The molecule has 2 aromatic carbocycles. The van der Waals surface area contributed by atoms with Crippen LogP contribution in [0.2, 0.25) is 0 Å². The normalized spacial score (nSPS) is 11.0. The fraction of sp³-hybridized carbons (Fsp3) is 0.136. The van der Waals surface area contributed by atoms with E-state index >= 15 is 0 Å². The van der Waals surface area contributed by atoms with E-state index in [0.717, 1.165) is 18.4 Å². The largest absolute Gasteiger partial charge is 0.472 e. The van der Waals surface area contributed by atoms with Gasteiger partial charge in [0.05, 0.1) is 23.1 Å². The minimum atomic E-state index is -4.78. The van der Waals surface area contributed by atoms with Gasteiger partial charge >= 0.3 is 6.18 Å². The highest BCUT2D eigenvalue weighted by Crippen LogP contribution is 2.36. The van der Waals surface area contributed by atoms with Crippen molar-refractivity contribution in [3.63, 3.8) is 0 Å². The average Bonchev–Trinajstić information content (AvgIpc) is 3.30. The first-order chi connectivity index (χ1) is 15.2. The Hall–Kier alpha value is -4.08. The lowest BCUT2D eigenvalue weighted by molar-refractivity contribution is -0.136. The van der Waals surface area contributed by atoms with E-state index in [1.54, 1.807) is 30.3 Å². The summed E-state index contributed by atoms with van der Waals surface area (Å²) in [4.78, 5) is 36.1. The van der Waals surface area contributed by atoms with Crippen molar-refractivity contribution < 1.29 is 32.0 Å². The van der Waals surface area contributed by atoms with Gasteiger partial charge in [0.25, 0.3) is 11.8 Å². The zero-order valence-electron chi connectivity index (χ0n) is 16.5. The minimum absolute atomic E-state index is 0.0558. The Kier molecular flexibility index (Phi) is 6.93. The number of halogens is 3. The summed E-state index contributed by atoms with van der Waals surface area (Å²) >= 11 is 0. The summed E-state index contributed by atoms with van der Waals surface area (Å²) in [5.41, 5.74) is -1.13. The van der Waals surface area contributed by atoms with Crippen LogP contribution in [-0.4, -0.2) is 24.3 Å². The Bertz CT molecular complexity index is 1100. The molecule has 0 saturated carbocycles. The lowest BCUT2D eigenvalue weighted by Crippen LogP contribution is -2.28. The summed E-state index contributed by atoms with van der Waals surface area (Å²) in [7, 11) is 0. The van der Waals surface area contributed by atoms with Crippen molar-refractivity contribution in [2.75, 3.05) is 17.2 Å². The number of hydrogen-bond donors (Lipinski definition) is 3. The van der Waals surface area contributed by atoms with E-state index in [1.165, 1.54) is 18.4 Å². The average molecular weight is 445 g/mol. The number of hydrogen-bond acceptors (Lipinski definition) is 4. The molecule has 166 valence electrons. The lowest BCUT2D eigenvalue weighted by Gasteiger charge is -2.16. The summed E-state index contributed by atoms with van der Waals surface area (Å²) in [6, 6.07) is 12.7. The van der Waals surface area contributed by atoms with Crippen LogP contribution in [0.15, 0.2) is 71.5 Å². The van der Waals surface area contributed by atoms with Gasteiger partial charge in [-0.05, 0) is 36.4 Å². The zero-order chi connectivity index (χ0) is 23.1. The van der Waals surface area contributed by atoms with Crippen LogP contribution in [0.4, 0.5) is 24.5 Å². The third-order valence-electron chi connectivity index (χ3n) is 4.31. The number of alkyl halides is 3. The van der Waals surface area contributed by atoms with E-state index in [0.29, 0.717) is 5.56 Å². The summed E-state index contributed by atoms with van der Waals surface area (Å²) in [5, 5.41) is 7.07. The van der Waals surface area contributed by atoms with Crippen molar-refractivity contribution in [3.8, 4) is 0 Å². The Morgan fingerprint density at radius 1 is 0.875 bits per heavy atom. The molecule has 0 aliphatic carbocycles. The number of benzene rings is 2. The molecule has 0 aliphatic rings. The van der Waals surface area contributed by atoms with E-state index in [4.69, 9.17) is 4.42 Å². The number of carbonyl (C=O) groups excluding carboxylic acids is 3. The van der Waals surface area contributed by atoms with Gasteiger partial charge in [0.1, 0.15) is 6.26 Å². The number of nitrogens with one attached hydrogen (secondary N) is 3. The second-order valence-electron chi connectivity index (χ2n) is 6.64. The zero-order valence-corrected chi connectivity index (χ0v) is 16.5. The van der Waals surface area contributed by atoms with Crippen LogP contribution in [0, 0.1) is 0 Å². The Morgan fingerprint density at radius 3 is 2.28 bits per heavy atom. The maximum atomic E-state index is 13.5.